The topological polar surface area (TPSA) is 72.3 Å². The second kappa shape index (κ2) is 9.04. The first-order valence-corrected chi connectivity index (χ1v) is 10.3. The maximum atomic E-state index is 12.8. The number of anilines is 2. The van der Waals surface area contributed by atoms with E-state index in [1.807, 2.05) is 24.3 Å². The summed E-state index contributed by atoms with van der Waals surface area (Å²) in [5.74, 6) is 0.0980. The Morgan fingerprint density at radius 1 is 1.17 bits per heavy atom. The van der Waals surface area contributed by atoms with Crippen LogP contribution in [0.4, 0.5) is 11.5 Å². The molecule has 2 aromatic heterocycles. The lowest BCUT2D eigenvalue weighted by atomic mass is 10.2. The van der Waals surface area contributed by atoms with Crippen LogP contribution in [0.3, 0.4) is 0 Å². The van der Waals surface area contributed by atoms with Crippen molar-refractivity contribution in [2.75, 3.05) is 36.5 Å². The van der Waals surface area contributed by atoms with Crippen LogP contribution in [0.25, 0.3) is 0 Å². The van der Waals surface area contributed by atoms with Crippen molar-refractivity contribution in [3.05, 3.63) is 69.6 Å². The van der Waals surface area contributed by atoms with Gasteiger partial charge in [-0.3, -0.25) is 4.79 Å². The maximum Gasteiger partial charge on any atom is 0.261 e. The summed E-state index contributed by atoms with van der Waals surface area (Å²) in [5, 5.41) is 8.09. The highest BCUT2D eigenvalue weighted by molar-refractivity contribution is 6.33. The summed E-state index contributed by atoms with van der Waals surface area (Å²) in [6, 6.07) is 11.2. The molecule has 3 heterocycles. The van der Waals surface area contributed by atoms with Gasteiger partial charge in [-0.05, 0) is 30.7 Å². The van der Waals surface area contributed by atoms with Gasteiger partial charge >= 0.3 is 0 Å². The number of aromatic nitrogens is 3. The van der Waals surface area contributed by atoms with Crippen LogP contribution in [0.15, 0.2) is 42.6 Å². The van der Waals surface area contributed by atoms with Crippen LogP contribution in [0.5, 0.6) is 0 Å². The maximum absolute atomic E-state index is 12.8. The number of nitrogens with zero attached hydrogens (tertiary/aromatic N) is 4. The van der Waals surface area contributed by atoms with E-state index in [1.54, 1.807) is 29.9 Å². The van der Waals surface area contributed by atoms with E-state index in [1.165, 1.54) is 0 Å². The number of ether oxygens (including phenoxy) is 1. The monoisotopic (exact) mass is 445 g/mol. The predicted octanol–water partition coefficient (Wildman–Crippen LogP) is 4.03. The van der Waals surface area contributed by atoms with Crippen molar-refractivity contribution in [2.45, 2.75) is 13.5 Å². The first-order valence-electron chi connectivity index (χ1n) is 9.59. The molecule has 7 nitrogen and oxygen atoms in total. The molecule has 0 radical (unpaired) electrons. The zero-order valence-corrected chi connectivity index (χ0v) is 18.0. The Bertz CT molecular complexity index is 1050. The van der Waals surface area contributed by atoms with E-state index in [0.717, 1.165) is 24.3 Å². The number of hydrogen-bond acceptors (Lipinski definition) is 5. The third-order valence-corrected chi connectivity index (χ3v) is 5.69. The van der Waals surface area contributed by atoms with Crippen molar-refractivity contribution in [2.24, 2.45) is 0 Å². The Morgan fingerprint density at radius 2 is 1.93 bits per heavy atom. The zero-order valence-electron chi connectivity index (χ0n) is 16.4. The number of pyridine rings is 1. The molecule has 1 fully saturated rings. The lowest BCUT2D eigenvalue weighted by molar-refractivity contribution is 0.102. The molecule has 0 spiro atoms. The quantitative estimate of drug-likeness (QED) is 0.641. The molecule has 0 bridgehead atoms. The number of morpholine rings is 1. The van der Waals surface area contributed by atoms with Crippen LogP contribution in [-0.4, -0.2) is 47.0 Å². The summed E-state index contributed by atoms with van der Waals surface area (Å²) < 4.78 is 6.94. The van der Waals surface area contributed by atoms with Gasteiger partial charge in [0.2, 0.25) is 0 Å². The van der Waals surface area contributed by atoms with E-state index < -0.39 is 0 Å². The number of nitrogens with one attached hydrogen (secondary N) is 1. The van der Waals surface area contributed by atoms with Gasteiger partial charge in [0.1, 0.15) is 11.0 Å². The summed E-state index contributed by atoms with van der Waals surface area (Å²) in [7, 11) is 0. The van der Waals surface area contributed by atoms with Gasteiger partial charge in [0, 0.05) is 18.1 Å². The number of halogens is 2. The molecule has 9 heteroatoms. The van der Waals surface area contributed by atoms with Crippen molar-refractivity contribution < 1.29 is 9.53 Å². The minimum atomic E-state index is -0.352. The molecule has 1 aromatic carbocycles. The van der Waals surface area contributed by atoms with Gasteiger partial charge in [-0.15, -0.1) is 0 Å². The van der Waals surface area contributed by atoms with Crippen molar-refractivity contribution in [3.63, 3.8) is 0 Å². The standard InChI is InChI=1S/C21H21Cl2N5O2/c1-14-19(20(23)28(26-14)13-15-4-2-3-5-17(15)22)21(29)25-18-7-6-16(12-24-18)27-8-10-30-11-9-27/h2-7,12H,8-11,13H2,1H3,(H,24,25,29). The van der Waals surface area contributed by atoms with E-state index >= 15 is 0 Å². The van der Waals surface area contributed by atoms with E-state index in [-0.39, 0.29) is 11.1 Å². The molecule has 0 saturated carbocycles. The molecule has 1 amide bonds. The van der Waals surface area contributed by atoms with Crippen LogP contribution in [-0.2, 0) is 11.3 Å². The van der Waals surface area contributed by atoms with Gasteiger partial charge in [0.05, 0.1) is 42.9 Å². The van der Waals surface area contributed by atoms with Gasteiger partial charge in [0.15, 0.2) is 0 Å². The zero-order chi connectivity index (χ0) is 21.1. The van der Waals surface area contributed by atoms with Gasteiger partial charge < -0.3 is 15.0 Å². The second-order valence-electron chi connectivity index (χ2n) is 6.96. The Balaban J connectivity index is 1.48. The molecular formula is C21H21Cl2N5O2. The van der Waals surface area contributed by atoms with Gasteiger partial charge in [-0.1, -0.05) is 41.4 Å². The van der Waals surface area contributed by atoms with E-state index in [4.69, 9.17) is 27.9 Å². The third kappa shape index (κ3) is 4.43. The van der Waals surface area contributed by atoms with Crippen LogP contribution in [0.1, 0.15) is 21.6 Å². The summed E-state index contributed by atoms with van der Waals surface area (Å²) in [4.78, 5) is 19.4. The van der Waals surface area contributed by atoms with E-state index in [2.05, 4.69) is 20.3 Å². The number of amides is 1. The lowest BCUT2D eigenvalue weighted by Crippen LogP contribution is -2.36. The SMILES string of the molecule is Cc1nn(Cc2ccccc2Cl)c(Cl)c1C(=O)Nc1ccc(N2CCOCC2)cn1. The van der Waals surface area contributed by atoms with Crippen LogP contribution in [0.2, 0.25) is 10.2 Å². The number of carbonyl (C=O) groups is 1. The molecule has 30 heavy (non-hydrogen) atoms. The molecule has 0 atom stereocenters. The minimum Gasteiger partial charge on any atom is -0.378 e. The van der Waals surface area contributed by atoms with Gasteiger partial charge in [-0.2, -0.15) is 5.10 Å². The summed E-state index contributed by atoms with van der Waals surface area (Å²) >= 11 is 12.7. The summed E-state index contributed by atoms with van der Waals surface area (Å²) in [6.07, 6.45) is 1.75. The fraction of sp³-hybridized carbons (Fsp3) is 0.286. The third-order valence-electron chi connectivity index (χ3n) is 4.94. The highest BCUT2D eigenvalue weighted by Crippen LogP contribution is 2.24. The smallest absolute Gasteiger partial charge is 0.261 e. The van der Waals surface area contributed by atoms with E-state index in [9.17, 15) is 4.79 Å². The number of benzene rings is 1. The van der Waals surface area contributed by atoms with E-state index in [0.29, 0.717) is 41.9 Å². The normalized spacial score (nSPS) is 14.0. The molecule has 156 valence electrons. The molecule has 4 rings (SSSR count). The number of hydrogen-bond donors (Lipinski definition) is 1. The van der Waals surface area contributed by atoms with Crippen molar-refractivity contribution >= 4 is 40.6 Å². The molecular weight excluding hydrogens is 425 g/mol. The Morgan fingerprint density at radius 3 is 2.63 bits per heavy atom. The fourth-order valence-corrected chi connectivity index (χ4v) is 3.87. The molecule has 1 aliphatic heterocycles. The van der Waals surface area contributed by atoms with Crippen LogP contribution >= 0.6 is 23.2 Å². The minimum absolute atomic E-state index is 0.259. The largest absolute Gasteiger partial charge is 0.378 e. The number of rotatable bonds is 5. The lowest BCUT2D eigenvalue weighted by Gasteiger charge is -2.28. The molecule has 1 aliphatic rings. The highest BCUT2D eigenvalue weighted by atomic mass is 35.5. The Labute approximate surface area is 184 Å². The Kier molecular flexibility index (Phi) is 6.22. The number of carbonyl (C=O) groups excluding carboxylic acids is 1. The molecule has 3 aromatic rings. The predicted molar refractivity (Wildman–Crippen MR) is 118 cm³/mol. The van der Waals surface area contributed by atoms with Gasteiger partial charge in [0.25, 0.3) is 5.91 Å². The molecule has 0 aliphatic carbocycles. The number of aryl methyl sites for hydroxylation is 1. The second-order valence-corrected chi connectivity index (χ2v) is 7.72. The summed E-state index contributed by atoms with van der Waals surface area (Å²) in [6.45, 7) is 5.18. The first kappa shape index (κ1) is 20.7. The molecule has 0 unspecified atom stereocenters. The Hall–Kier alpha value is -2.61. The average Bonchev–Trinajstić information content (AvgIpc) is 3.04. The average molecular weight is 446 g/mol. The first-order chi connectivity index (χ1) is 14.5. The molecule has 1 saturated heterocycles. The van der Waals surface area contributed by atoms with Crippen molar-refractivity contribution in [3.8, 4) is 0 Å². The van der Waals surface area contributed by atoms with Crippen LogP contribution in [0, 0.1) is 6.92 Å². The summed E-state index contributed by atoms with van der Waals surface area (Å²) in [5.41, 5.74) is 2.73. The van der Waals surface area contributed by atoms with Crippen molar-refractivity contribution in [1.82, 2.24) is 14.8 Å². The molecule has 1 N–H and O–H groups in total. The highest BCUT2D eigenvalue weighted by Gasteiger charge is 2.21. The fourth-order valence-electron chi connectivity index (χ4n) is 3.35. The van der Waals surface area contributed by atoms with Crippen LogP contribution < -0.4 is 10.2 Å². The van der Waals surface area contributed by atoms with Gasteiger partial charge in [-0.25, -0.2) is 9.67 Å². The van der Waals surface area contributed by atoms with Crippen molar-refractivity contribution in [1.29, 1.82) is 0 Å².